The molecule has 102 valence electrons. The van der Waals surface area contributed by atoms with E-state index in [1.807, 2.05) is 44.2 Å². The average molecular weight is 260 g/mol. The number of rotatable bonds is 6. The minimum Gasteiger partial charge on any atom is -0.488 e. The fourth-order valence-electron chi connectivity index (χ4n) is 1.93. The van der Waals surface area contributed by atoms with Gasteiger partial charge in [0.15, 0.2) is 0 Å². The number of hydrogen-bond acceptors (Lipinski definition) is 4. The highest BCUT2D eigenvalue weighted by Crippen LogP contribution is 2.26. The molecule has 1 aromatic carbocycles. The fraction of sp³-hybridized carbons (Fsp3) is 0.400. The molecule has 0 saturated heterocycles. The molecular formula is C15H20N2O2. The first-order valence-electron chi connectivity index (χ1n) is 6.57. The number of nitrogens with two attached hydrogens (primary N) is 1. The molecule has 0 aliphatic carbocycles. The van der Waals surface area contributed by atoms with Gasteiger partial charge in [0.2, 0.25) is 0 Å². The molecule has 0 spiro atoms. The normalized spacial score (nSPS) is 12.6. The lowest BCUT2D eigenvalue weighted by Crippen LogP contribution is -2.19. The molecule has 19 heavy (non-hydrogen) atoms. The number of nitrogens with zero attached hydrogens (tertiary/aromatic N) is 1. The van der Waals surface area contributed by atoms with E-state index in [2.05, 4.69) is 4.98 Å². The summed E-state index contributed by atoms with van der Waals surface area (Å²) in [6, 6.07) is 9.82. The second-order valence-electron chi connectivity index (χ2n) is 4.42. The number of ether oxygens (including phenoxy) is 2. The van der Waals surface area contributed by atoms with Crippen LogP contribution in [0.1, 0.15) is 19.5 Å². The Labute approximate surface area is 113 Å². The molecule has 0 bridgehead atoms. The van der Waals surface area contributed by atoms with Crippen molar-refractivity contribution in [2.45, 2.75) is 26.5 Å². The molecule has 1 atom stereocenters. The van der Waals surface area contributed by atoms with Crippen LogP contribution in [0.4, 0.5) is 0 Å². The Kier molecular flexibility index (Phi) is 4.71. The van der Waals surface area contributed by atoms with Crippen LogP contribution in [-0.4, -0.2) is 24.3 Å². The van der Waals surface area contributed by atoms with Gasteiger partial charge in [0.05, 0.1) is 17.8 Å². The molecule has 1 heterocycles. The van der Waals surface area contributed by atoms with Crippen molar-refractivity contribution in [1.29, 1.82) is 0 Å². The van der Waals surface area contributed by atoms with Crippen LogP contribution in [0.3, 0.4) is 0 Å². The highest BCUT2D eigenvalue weighted by atomic mass is 16.5. The minimum atomic E-state index is -0.00335. The third-order valence-corrected chi connectivity index (χ3v) is 2.83. The predicted octanol–water partition coefficient (Wildman–Crippen LogP) is 2.50. The van der Waals surface area contributed by atoms with Gasteiger partial charge in [-0.15, -0.1) is 0 Å². The monoisotopic (exact) mass is 260 g/mol. The first kappa shape index (κ1) is 13.8. The highest BCUT2D eigenvalue weighted by Gasteiger charge is 2.09. The van der Waals surface area contributed by atoms with Crippen molar-refractivity contribution in [3.05, 3.63) is 36.0 Å². The molecule has 0 radical (unpaired) electrons. The molecule has 0 saturated carbocycles. The second kappa shape index (κ2) is 6.50. The Morgan fingerprint density at radius 2 is 2.11 bits per heavy atom. The van der Waals surface area contributed by atoms with E-state index in [4.69, 9.17) is 15.2 Å². The topological polar surface area (TPSA) is 57.4 Å². The van der Waals surface area contributed by atoms with Crippen LogP contribution >= 0.6 is 0 Å². The Hall–Kier alpha value is -1.65. The standard InChI is InChI=1S/C15H20N2O2/c1-3-18-10-11(2)19-15-8-12(9-16)17-14-7-5-4-6-13(14)15/h4-8,11H,3,9-10,16H2,1-2H3. The maximum absolute atomic E-state index is 5.95. The Morgan fingerprint density at radius 1 is 1.32 bits per heavy atom. The molecular weight excluding hydrogens is 240 g/mol. The molecule has 2 rings (SSSR count). The molecule has 4 heteroatoms. The predicted molar refractivity (Wildman–Crippen MR) is 76.2 cm³/mol. The summed E-state index contributed by atoms with van der Waals surface area (Å²) in [5.41, 5.74) is 7.42. The van der Waals surface area contributed by atoms with Gasteiger partial charge in [0, 0.05) is 24.6 Å². The van der Waals surface area contributed by atoms with E-state index in [0.29, 0.717) is 19.8 Å². The smallest absolute Gasteiger partial charge is 0.131 e. The third-order valence-electron chi connectivity index (χ3n) is 2.83. The van der Waals surface area contributed by atoms with Crippen LogP contribution in [0.15, 0.2) is 30.3 Å². The summed E-state index contributed by atoms with van der Waals surface area (Å²) < 4.78 is 11.3. The van der Waals surface area contributed by atoms with Gasteiger partial charge in [-0.3, -0.25) is 4.98 Å². The Morgan fingerprint density at radius 3 is 2.84 bits per heavy atom. The summed E-state index contributed by atoms with van der Waals surface area (Å²) in [7, 11) is 0. The van der Waals surface area contributed by atoms with Crippen molar-refractivity contribution < 1.29 is 9.47 Å². The molecule has 2 N–H and O–H groups in total. The number of hydrogen-bond donors (Lipinski definition) is 1. The average Bonchev–Trinajstić information content (AvgIpc) is 2.44. The minimum absolute atomic E-state index is 0.00335. The summed E-state index contributed by atoms with van der Waals surface area (Å²) in [4.78, 5) is 4.49. The number of benzene rings is 1. The SMILES string of the molecule is CCOCC(C)Oc1cc(CN)nc2ccccc12. The lowest BCUT2D eigenvalue weighted by Gasteiger charge is -2.16. The van der Waals surface area contributed by atoms with Crippen LogP contribution in [0.2, 0.25) is 0 Å². The zero-order valence-corrected chi connectivity index (χ0v) is 11.4. The van der Waals surface area contributed by atoms with E-state index in [-0.39, 0.29) is 6.10 Å². The van der Waals surface area contributed by atoms with E-state index in [9.17, 15) is 0 Å². The molecule has 0 aliphatic heterocycles. The Balaban J connectivity index is 2.29. The van der Waals surface area contributed by atoms with E-state index >= 15 is 0 Å². The molecule has 0 amide bonds. The van der Waals surface area contributed by atoms with Crippen LogP contribution in [-0.2, 0) is 11.3 Å². The molecule has 2 aromatic rings. The first-order valence-corrected chi connectivity index (χ1v) is 6.57. The zero-order valence-electron chi connectivity index (χ0n) is 11.4. The van der Waals surface area contributed by atoms with E-state index in [0.717, 1.165) is 22.3 Å². The van der Waals surface area contributed by atoms with Crippen molar-refractivity contribution in [3.8, 4) is 5.75 Å². The lowest BCUT2D eigenvalue weighted by atomic mass is 10.2. The van der Waals surface area contributed by atoms with E-state index < -0.39 is 0 Å². The van der Waals surface area contributed by atoms with Gasteiger partial charge in [-0.1, -0.05) is 12.1 Å². The van der Waals surface area contributed by atoms with Crippen molar-refractivity contribution in [2.75, 3.05) is 13.2 Å². The summed E-state index contributed by atoms with van der Waals surface area (Å²) in [6.07, 6.45) is -0.00335. The number of pyridine rings is 1. The number of para-hydroxylation sites is 1. The number of fused-ring (bicyclic) bond motifs is 1. The first-order chi connectivity index (χ1) is 9.24. The summed E-state index contributed by atoms with van der Waals surface area (Å²) in [5.74, 6) is 0.818. The van der Waals surface area contributed by atoms with Gasteiger partial charge in [-0.05, 0) is 26.0 Å². The van der Waals surface area contributed by atoms with Gasteiger partial charge in [-0.25, -0.2) is 0 Å². The van der Waals surface area contributed by atoms with Gasteiger partial charge >= 0.3 is 0 Å². The maximum Gasteiger partial charge on any atom is 0.131 e. The zero-order chi connectivity index (χ0) is 13.7. The van der Waals surface area contributed by atoms with E-state index in [1.54, 1.807) is 0 Å². The molecule has 0 fully saturated rings. The largest absolute Gasteiger partial charge is 0.488 e. The highest BCUT2D eigenvalue weighted by molar-refractivity contribution is 5.85. The van der Waals surface area contributed by atoms with Crippen molar-refractivity contribution in [3.63, 3.8) is 0 Å². The third kappa shape index (κ3) is 3.43. The quantitative estimate of drug-likeness (QED) is 0.867. The maximum atomic E-state index is 5.95. The molecule has 4 nitrogen and oxygen atoms in total. The van der Waals surface area contributed by atoms with Crippen molar-refractivity contribution in [2.24, 2.45) is 5.73 Å². The van der Waals surface area contributed by atoms with Gasteiger partial charge < -0.3 is 15.2 Å². The molecule has 1 unspecified atom stereocenters. The van der Waals surface area contributed by atoms with Crippen LogP contribution < -0.4 is 10.5 Å². The van der Waals surface area contributed by atoms with Gasteiger partial charge in [-0.2, -0.15) is 0 Å². The van der Waals surface area contributed by atoms with Crippen LogP contribution in [0, 0.1) is 0 Å². The lowest BCUT2D eigenvalue weighted by molar-refractivity contribution is 0.0664. The van der Waals surface area contributed by atoms with Crippen molar-refractivity contribution in [1.82, 2.24) is 4.98 Å². The fourth-order valence-corrected chi connectivity index (χ4v) is 1.93. The summed E-state index contributed by atoms with van der Waals surface area (Å²) in [5, 5.41) is 1.00. The summed E-state index contributed by atoms with van der Waals surface area (Å²) in [6.45, 7) is 5.64. The summed E-state index contributed by atoms with van der Waals surface area (Å²) >= 11 is 0. The van der Waals surface area contributed by atoms with Crippen LogP contribution in [0.5, 0.6) is 5.75 Å². The van der Waals surface area contributed by atoms with Crippen molar-refractivity contribution >= 4 is 10.9 Å². The second-order valence-corrected chi connectivity index (χ2v) is 4.42. The van der Waals surface area contributed by atoms with Gasteiger partial charge in [0.25, 0.3) is 0 Å². The Bertz CT molecular complexity index is 543. The van der Waals surface area contributed by atoms with Crippen LogP contribution in [0.25, 0.3) is 10.9 Å². The van der Waals surface area contributed by atoms with Gasteiger partial charge in [0.1, 0.15) is 11.9 Å². The van der Waals surface area contributed by atoms with E-state index in [1.165, 1.54) is 0 Å². The number of aromatic nitrogens is 1. The molecule has 0 aliphatic rings. The molecule has 1 aromatic heterocycles.